The van der Waals surface area contributed by atoms with Crippen molar-refractivity contribution in [3.05, 3.63) is 29.0 Å². The molecule has 1 aliphatic carbocycles. The second-order valence-corrected chi connectivity index (χ2v) is 7.14. The van der Waals surface area contributed by atoms with Gasteiger partial charge >= 0.3 is 6.18 Å². The Hall–Kier alpha value is -1.58. The van der Waals surface area contributed by atoms with Gasteiger partial charge < -0.3 is 5.11 Å². The third kappa shape index (κ3) is 2.70. The van der Waals surface area contributed by atoms with Crippen molar-refractivity contribution in [3.8, 4) is 0 Å². The number of fused-ring (bicyclic) bond motifs is 3. The van der Waals surface area contributed by atoms with Gasteiger partial charge in [0.1, 0.15) is 5.03 Å². The van der Waals surface area contributed by atoms with Crippen LogP contribution in [0.4, 0.5) is 13.2 Å². The molecule has 0 aliphatic heterocycles. The molecule has 1 saturated carbocycles. The standard InChI is InChI=1S/C14H10ClF3N4OS/c15-7-1-2-8-9(5-7)22-10(20-21-12(22)14(16,17)18)11(19-8)24-6-13(23)3-4-13/h1-2,5,23H,3-4,6H2. The van der Waals surface area contributed by atoms with Gasteiger partial charge in [0.15, 0.2) is 5.65 Å². The van der Waals surface area contributed by atoms with Crippen molar-refractivity contribution in [2.45, 2.75) is 29.6 Å². The summed E-state index contributed by atoms with van der Waals surface area (Å²) in [7, 11) is 0. The van der Waals surface area contributed by atoms with Gasteiger partial charge in [-0.25, -0.2) is 4.98 Å². The van der Waals surface area contributed by atoms with Crippen LogP contribution in [0.25, 0.3) is 16.7 Å². The monoisotopic (exact) mass is 374 g/mol. The highest BCUT2D eigenvalue weighted by atomic mass is 35.5. The van der Waals surface area contributed by atoms with Crippen LogP contribution in [0.5, 0.6) is 0 Å². The first-order valence-corrected chi connectivity index (χ1v) is 8.40. The summed E-state index contributed by atoms with van der Waals surface area (Å²) >= 11 is 7.10. The molecule has 0 atom stereocenters. The van der Waals surface area contributed by atoms with Crippen molar-refractivity contribution in [1.29, 1.82) is 0 Å². The number of hydrogen-bond acceptors (Lipinski definition) is 5. The van der Waals surface area contributed by atoms with E-state index in [4.69, 9.17) is 11.6 Å². The zero-order chi connectivity index (χ0) is 17.1. The van der Waals surface area contributed by atoms with Gasteiger partial charge in [-0.2, -0.15) is 13.2 Å². The first kappa shape index (κ1) is 15.9. The highest BCUT2D eigenvalue weighted by Gasteiger charge is 2.41. The summed E-state index contributed by atoms with van der Waals surface area (Å²) in [6, 6.07) is 4.51. The number of halogens is 4. The Bertz CT molecular complexity index is 954. The number of thioether (sulfide) groups is 1. The molecule has 0 radical (unpaired) electrons. The van der Waals surface area contributed by atoms with Gasteiger partial charge in [-0.05, 0) is 31.0 Å². The molecular formula is C14H10ClF3N4OS. The number of alkyl halides is 3. The minimum absolute atomic E-state index is 0.00587. The van der Waals surface area contributed by atoms with Crippen molar-refractivity contribution in [3.63, 3.8) is 0 Å². The van der Waals surface area contributed by atoms with Crippen molar-refractivity contribution >= 4 is 40.0 Å². The summed E-state index contributed by atoms with van der Waals surface area (Å²) in [6.45, 7) is 0. The zero-order valence-corrected chi connectivity index (χ0v) is 13.6. The molecular weight excluding hydrogens is 365 g/mol. The molecule has 1 N–H and O–H groups in total. The molecule has 5 nitrogen and oxygen atoms in total. The summed E-state index contributed by atoms with van der Waals surface area (Å²) in [5, 5.41) is 17.5. The van der Waals surface area contributed by atoms with Crippen LogP contribution in [0.3, 0.4) is 0 Å². The van der Waals surface area contributed by atoms with E-state index in [1.807, 2.05) is 0 Å². The molecule has 0 spiro atoms. The molecule has 1 aliphatic rings. The number of nitrogens with zero attached hydrogens (tertiary/aromatic N) is 4. The van der Waals surface area contributed by atoms with Crippen molar-refractivity contribution in [2.24, 2.45) is 0 Å². The van der Waals surface area contributed by atoms with E-state index in [2.05, 4.69) is 15.2 Å². The van der Waals surface area contributed by atoms with E-state index in [0.717, 1.165) is 4.40 Å². The second kappa shape index (κ2) is 5.21. The Morgan fingerprint density at radius 1 is 1.29 bits per heavy atom. The topological polar surface area (TPSA) is 63.3 Å². The molecule has 24 heavy (non-hydrogen) atoms. The number of hydrogen-bond donors (Lipinski definition) is 1. The van der Waals surface area contributed by atoms with Crippen LogP contribution in [0.2, 0.25) is 5.02 Å². The predicted molar refractivity (Wildman–Crippen MR) is 83.2 cm³/mol. The number of benzene rings is 1. The molecule has 0 amide bonds. The molecule has 126 valence electrons. The van der Waals surface area contributed by atoms with Crippen LogP contribution in [-0.4, -0.2) is 36.0 Å². The summed E-state index contributed by atoms with van der Waals surface area (Å²) in [5.74, 6) is -0.776. The van der Waals surface area contributed by atoms with Crippen LogP contribution in [-0.2, 0) is 6.18 Å². The average molecular weight is 375 g/mol. The minimum Gasteiger partial charge on any atom is -0.389 e. The highest BCUT2D eigenvalue weighted by molar-refractivity contribution is 7.99. The van der Waals surface area contributed by atoms with Gasteiger partial charge in [-0.3, -0.25) is 4.40 Å². The van der Waals surface area contributed by atoms with E-state index >= 15 is 0 Å². The fourth-order valence-corrected chi connectivity index (χ4v) is 3.64. The summed E-state index contributed by atoms with van der Waals surface area (Å²) < 4.78 is 40.7. The highest BCUT2D eigenvalue weighted by Crippen LogP contribution is 2.41. The smallest absolute Gasteiger partial charge is 0.389 e. The minimum atomic E-state index is -4.66. The molecule has 1 aromatic carbocycles. The maximum Gasteiger partial charge on any atom is 0.452 e. The van der Waals surface area contributed by atoms with Gasteiger partial charge in [-0.15, -0.1) is 10.2 Å². The fourth-order valence-electron chi connectivity index (χ4n) is 2.35. The number of aromatic nitrogens is 4. The SMILES string of the molecule is OC1(CSc2nc3ccc(Cl)cc3n3c(C(F)(F)F)nnc23)CC1. The molecule has 0 bridgehead atoms. The average Bonchev–Trinajstić information content (AvgIpc) is 3.07. The lowest BCUT2D eigenvalue weighted by Crippen LogP contribution is -2.12. The predicted octanol–water partition coefficient (Wildman–Crippen LogP) is 3.57. The van der Waals surface area contributed by atoms with E-state index in [0.29, 0.717) is 34.2 Å². The van der Waals surface area contributed by atoms with E-state index in [9.17, 15) is 18.3 Å². The third-order valence-corrected chi connectivity index (χ3v) is 5.28. The van der Waals surface area contributed by atoms with Gasteiger partial charge in [-0.1, -0.05) is 23.4 Å². The Kier molecular flexibility index (Phi) is 3.45. The molecule has 10 heteroatoms. The van der Waals surface area contributed by atoms with Gasteiger partial charge in [0.05, 0.1) is 16.6 Å². The molecule has 0 unspecified atom stereocenters. The Labute approximate surface area is 142 Å². The Balaban J connectivity index is 1.95. The van der Waals surface area contributed by atoms with Gasteiger partial charge in [0, 0.05) is 10.8 Å². The molecule has 3 aromatic rings. The first-order valence-electron chi connectivity index (χ1n) is 7.04. The van der Waals surface area contributed by atoms with Gasteiger partial charge in [0.2, 0.25) is 5.82 Å². The van der Waals surface area contributed by atoms with Crippen LogP contribution in [0.1, 0.15) is 18.7 Å². The van der Waals surface area contributed by atoms with Crippen LogP contribution in [0, 0.1) is 0 Å². The quantitative estimate of drug-likeness (QED) is 0.710. The van der Waals surface area contributed by atoms with Gasteiger partial charge in [0.25, 0.3) is 0 Å². The lowest BCUT2D eigenvalue weighted by atomic mass is 10.3. The third-order valence-electron chi connectivity index (χ3n) is 3.81. The largest absolute Gasteiger partial charge is 0.452 e. The summed E-state index contributed by atoms with van der Waals surface area (Å²) in [6.07, 6.45) is -3.30. The van der Waals surface area contributed by atoms with E-state index in [1.165, 1.54) is 17.8 Å². The summed E-state index contributed by atoms with van der Waals surface area (Å²) in [5.41, 5.74) is -0.219. The Morgan fingerprint density at radius 3 is 2.71 bits per heavy atom. The Morgan fingerprint density at radius 2 is 2.04 bits per heavy atom. The fraction of sp³-hybridized carbons (Fsp3) is 0.357. The number of aliphatic hydroxyl groups is 1. The lowest BCUT2D eigenvalue weighted by molar-refractivity contribution is -0.145. The lowest BCUT2D eigenvalue weighted by Gasteiger charge is -2.11. The van der Waals surface area contributed by atoms with Crippen molar-refractivity contribution < 1.29 is 18.3 Å². The molecule has 2 aromatic heterocycles. The first-order chi connectivity index (χ1) is 11.3. The van der Waals surface area contributed by atoms with E-state index in [1.54, 1.807) is 12.1 Å². The second-order valence-electron chi connectivity index (χ2n) is 5.74. The zero-order valence-electron chi connectivity index (χ0n) is 12.0. The van der Waals surface area contributed by atoms with Crippen molar-refractivity contribution in [2.75, 3.05) is 5.75 Å². The van der Waals surface area contributed by atoms with E-state index < -0.39 is 17.6 Å². The van der Waals surface area contributed by atoms with Crippen molar-refractivity contribution in [1.82, 2.24) is 19.6 Å². The molecule has 4 rings (SSSR count). The van der Waals surface area contributed by atoms with E-state index in [-0.39, 0.29) is 11.2 Å². The normalized spacial score (nSPS) is 16.9. The van der Waals surface area contributed by atoms with Crippen LogP contribution >= 0.6 is 23.4 Å². The van der Waals surface area contributed by atoms with Crippen LogP contribution < -0.4 is 0 Å². The maximum absolute atomic E-state index is 13.3. The summed E-state index contributed by atoms with van der Waals surface area (Å²) in [4.78, 5) is 4.37. The molecule has 1 fully saturated rings. The molecule has 2 heterocycles. The molecule has 0 saturated heterocycles. The maximum atomic E-state index is 13.3. The number of rotatable bonds is 3. The van der Waals surface area contributed by atoms with Crippen LogP contribution in [0.15, 0.2) is 23.2 Å².